The van der Waals surface area contributed by atoms with Crippen LogP contribution in [0.3, 0.4) is 0 Å². The van der Waals surface area contributed by atoms with Crippen LogP contribution in [0.25, 0.3) is 0 Å². The summed E-state index contributed by atoms with van der Waals surface area (Å²) in [4.78, 5) is 23.3. The predicted molar refractivity (Wildman–Crippen MR) is 77.8 cm³/mol. The summed E-state index contributed by atoms with van der Waals surface area (Å²) in [5, 5.41) is 0. The van der Waals surface area contributed by atoms with E-state index in [2.05, 4.69) is 13.2 Å². The number of Topliss-reactive ketones (excluding diaryl/α,β-unsaturated/α-hetero) is 2. The first-order valence-electron chi connectivity index (χ1n) is 6.18. The molecule has 0 bridgehead atoms. The minimum absolute atomic E-state index is 0.179. The van der Waals surface area contributed by atoms with Crippen molar-refractivity contribution in [1.82, 2.24) is 0 Å². The van der Waals surface area contributed by atoms with Crippen LogP contribution >= 0.6 is 0 Å². The normalized spacial score (nSPS) is 9.70. The van der Waals surface area contributed by atoms with Crippen LogP contribution in [0.5, 0.6) is 11.5 Å². The molecular weight excluding hydrogens is 256 g/mol. The molecule has 106 valence electrons. The smallest absolute Gasteiger partial charge is 0.163 e. The van der Waals surface area contributed by atoms with Gasteiger partial charge in [0.15, 0.2) is 11.6 Å². The molecule has 0 radical (unpaired) electrons. The van der Waals surface area contributed by atoms with E-state index in [4.69, 9.17) is 9.47 Å². The highest BCUT2D eigenvalue weighted by atomic mass is 16.5. The minimum Gasteiger partial charge on any atom is -0.489 e. The molecule has 0 saturated heterocycles. The van der Waals surface area contributed by atoms with E-state index in [-0.39, 0.29) is 24.8 Å². The third-order valence-electron chi connectivity index (χ3n) is 2.55. The molecule has 0 atom stereocenters. The molecular formula is C16H18O4. The Labute approximate surface area is 118 Å². The predicted octanol–water partition coefficient (Wildman–Crippen LogP) is 3.22. The Balaban J connectivity index is 3.33. The van der Waals surface area contributed by atoms with Gasteiger partial charge < -0.3 is 9.47 Å². The van der Waals surface area contributed by atoms with Gasteiger partial charge in [-0.05, 0) is 19.9 Å². The fraction of sp³-hybridized carbons (Fsp3) is 0.250. The molecule has 20 heavy (non-hydrogen) atoms. The second kappa shape index (κ2) is 7.28. The Morgan fingerprint density at radius 3 is 1.65 bits per heavy atom. The van der Waals surface area contributed by atoms with E-state index in [0.717, 1.165) is 0 Å². The van der Waals surface area contributed by atoms with Crippen molar-refractivity contribution in [2.45, 2.75) is 13.8 Å². The van der Waals surface area contributed by atoms with Gasteiger partial charge in [-0.25, -0.2) is 0 Å². The monoisotopic (exact) mass is 274 g/mol. The molecule has 0 spiro atoms. The molecule has 1 aromatic rings. The van der Waals surface area contributed by atoms with E-state index in [1.165, 1.54) is 19.9 Å². The molecule has 1 rings (SSSR count). The van der Waals surface area contributed by atoms with Crippen molar-refractivity contribution in [2.75, 3.05) is 13.2 Å². The first-order valence-corrected chi connectivity index (χ1v) is 6.18. The molecule has 4 heteroatoms. The third-order valence-corrected chi connectivity index (χ3v) is 2.55. The lowest BCUT2D eigenvalue weighted by molar-refractivity contribution is 0.101. The first kappa shape index (κ1) is 15.7. The SMILES string of the molecule is C=CCOc1cc(OCC=C)c(C(C)=O)cc1C(C)=O. The quantitative estimate of drug-likeness (QED) is 0.539. The fourth-order valence-corrected chi connectivity index (χ4v) is 1.65. The van der Waals surface area contributed by atoms with Gasteiger partial charge in [0.25, 0.3) is 0 Å². The lowest BCUT2D eigenvalue weighted by Crippen LogP contribution is -2.07. The Hall–Kier alpha value is -2.36. The summed E-state index contributed by atoms with van der Waals surface area (Å²) in [6.07, 6.45) is 3.15. The Bertz CT molecular complexity index is 498. The van der Waals surface area contributed by atoms with Gasteiger partial charge in [-0.2, -0.15) is 0 Å². The van der Waals surface area contributed by atoms with Crippen LogP contribution in [0.4, 0.5) is 0 Å². The zero-order valence-corrected chi connectivity index (χ0v) is 11.8. The van der Waals surface area contributed by atoms with Crippen LogP contribution in [0.1, 0.15) is 34.6 Å². The summed E-state index contributed by atoms with van der Waals surface area (Å²) in [5.41, 5.74) is 0.700. The number of ether oxygens (including phenoxy) is 2. The summed E-state index contributed by atoms with van der Waals surface area (Å²) in [6, 6.07) is 3.06. The zero-order valence-electron chi connectivity index (χ0n) is 11.8. The average molecular weight is 274 g/mol. The van der Waals surface area contributed by atoms with Gasteiger partial charge in [-0.15, -0.1) is 0 Å². The molecule has 4 nitrogen and oxygen atoms in total. The Morgan fingerprint density at radius 1 is 0.950 bits per heavy atom. The molecule has 0 saturated carbocycles. The lowest BCUT2D eigenvalue weighted by Gasteiger charge is -2.14. The average Bonchev–Trinajstić information content (AvgIpc) is 2.41. The van der Waals surface area contributed by atoms with Crippen molar-refractivity contribution in [3.8, 4) is 11.5 Å². The second-order valence-electron chi connectivity index (χ2n) is 4.16. The van der Waals surface area contributed by atoms with Crippen LogP contribution in [-0.4, -0.2) is 24.8 Å². The van der Waals surface area contributed by atoms with Gasteiger partial charge in [0.2, 0.25) is 0 Å². The molecule has 0 fully saturated rings. The minimum atomic E-state index is -0.179. The highest BCUT2D eigenvalue weighted by Crippen LogP contribution is 2.30. The summed E-state index contributed by atoms with van der Waals surface area (Å²) in [6.45, 7) is 10.5. The van der Waals surface area contributed by atoms with Crippen molar-refractivity contribution >= 4 is 11.6 Å². The molecule has 0 N–H and O–H groups in total. The summed E-state index contributed by atoms with van der Waals surface area (Å²) < 4.78 is 10.9. The molecule has 0 amide bonds. The number of rotatable bonds is 8. The van der Waals surface area contributed by atoms with Gasteiger partial charge in [-0.1, -0.05) is 25.3 Å². The van der Waals surface area contributed by atoms with Crippen LogP contribution < -0.4 is 9.47 Å². The zero-order chi connectivity index (χ0) is 15.1. The van der Waals surface area contributed by atoms with Gasteiger partial charge in [0, 0.05) is 6.07 Å². The number of hydrogen-bond acceptors (Lipinski definition) is 4. The van der Waals surface area contributed by atoms with E-state index < -0.39 is 0 Å². The van der Waals surface area contributed by atoms with Gasteiger partial charge in [0.1, 0.15) is 24.7 Å². The van der Waals surface area contributed by atoms with E-state index in [1.807, 2.05) is 0 Å². The second-order valence-corrected chi connectivity index (χ2v) is 4.16. The topological polar surface area (TPSA) is 52.6 Å². The number of benzene rings is 1. The highest BCUT2D eigenvalue weighted by Gasteiger charge is 2.17. The largest absolute Gasteiger partial charge is 0.489 e. The van der Waals surface area contributed by atoms with Crippen LogP contribution in [0, 0.1) is 0 Å². The van der Waals surface area contributed by atoms with Crippen molar-refractivity contribution in [2.24, 2.45) is 0 Å². The van der Waals surface area contributed by atoms with Crippen LogP contribution in [-0.2, 0) is 0 Å². The number of carbonyl (C=O) groups excluding carboxylic acids is 2. The highest BCUT2D eigenvalue weighted by molar-refractivity contribution is 6.03. The van der Waals surface area contributed by atoms with Gasteiger partial charge >= 0.3 is 0 Å². The van der Waals surface area contributed by atoms with Crippen molar-refractivity contribution in [3.05, 3.63) is 48.6 Å². The van der Waals surface area contributed by atoms with E-state index in [0.29, 0.717) is 22.6 Å². The molecule has 1 aromatic carbocycles. The van der Waals surface area contributed by atoms with Crippen LogP contribution in [0.15, 0.2) is 37.4 Å². The molecule has 0 aromatic heterocycles. The van der Waals surface area contributed by atoms with Crippen LogP contribution in [0.2, 0.25) is 0 Å². The fourth-order valence-electron chi connectivity index (χ4n) is 1.65. The number of ketones is 2. The molecule has 0 unspecified atom stereocenters. The third kappa shape index (κ3) is 3.82. The summed E-state index contributed by atoms with van der Waals surface area (Å²) in [5.74, 6) is 0.395. The van der Waals surface area contributed by atoms with Crippen molar-refractivity contribution in [3.63, 3.8) is 0 Å². The van der Waals surface area contributed by atoms with Gasteiger partial charge in [0.05, 0.1) is 11.1 Å². The lowest BCUT2D eigenvalue weighted by atomic mass is 10.0. The maximum atomic E-state index is 11.7. The molecule has 0 aliphatic heterocycles. The standard InChI is InChI=1S/C16H18O4/c1-5-7-19-15-10-16(20-8-6-2)14(12(4)18)9-13(15)11(3)17/h5-6,9-10H,1-2,7-8H2,3-4H3. The van der Waals surface area contributed by atoms with Crippen molar-refractivity contribution in [1.29, 1.82) is 0 Å². The number of carbonyl (C=O) groups is 2. The Morgan fingerprint density at radius 2 is 1.35 bits per heavy atom. The van der Waals surface area contributed by atoms with E-state index >= 15 is 0 Å². The maximum absolute atomic E-state index is 11.7. The summed E-state index contributed by atoms with van der Waals surface area (Å²) in [7, 11) is 0. The van der Waals surface area contributed by atoms with E-state index in [9.17, 15) is 9.59 Å². The Kier molecular flexibility index (Phi) is 5.72. The molecule has 0 aliphatic carbocycles. The maximum Gasteiger partial charge on any atom is 0.163 e. The number of hydrogen-bond donors (Lipinski definition) is 0. The summed E-state index contributed by atoms with van der Waals surface area (Å²) >= 11 is 0. The van der Waals surface area contributed by atoms with E-state index in [1.54, 1.807) is 18.2 Å². The molecule has 0 aliphatic rings. The molecule has 0 heterocycles. The first-order chi connectivity index (χ1) is 9.51. The van der Waals surface area contributed by atoms with Crippen molar-refractivity contribution < 1.29 is 19.1 Å². The van der Waals surface area contributed by atoms with Gasteiger partial charge in [-0.3, -0.25) is 9.59 Å².